The van der Waals surface area contributed by atoms with Gasteiger partial charge in [0.1, 0.15) is 6.54 Å². The minimum Gasteiger partial charge on any atom is -0.466 e. The molecule has 0 aliphatic carbocycles. The summed E-state index contributed by atoms with van der Waals surface area (Å²) in [7, 11) is 0. The van der Waals surface area contributed by atoms with Crippen molar-refractivity contribution in [3.63, 3.8) is 0 Å². The number of aromatic nitrogens is 1. The first-order valence-corrected chi connectivity index (χ1v) is 11.4. The Morgan fingerprint density at radius 3 is 2.34 bits per heavy atom. The maximum Gasteiger partial charge on any atom is 0.309 e. The second kappa shape index (κ2) is 9.54. The average molecular weight is 440 g/mol. The number of ketones is 1. The molecule has 2 saturated heterocycles. The summed E-state index contributed by atoms with van der Waals surface area (Å²) in [5.74, 6) is -1.59. The molecule has 2 aromatic rings. The number of para-hydroxylation sites is 1. The number of amides is 2. The van der Waals surface area contributed by atoms with E-state index in [1.165, 1.54) is 4.90 Å². The number of rotatable bonds is 6. The van der Waals surface area contributed by atoms with Gasteiger partial charge in [-0.3, -0.25) is 19.2 Å². The number of ether oxygens (including phenoxy) is 1. The Labute approximate surface area is 187 Å². The van der Waals surface area contributed by atoms with Crippen molar-refractivity contribution >= 4 is 34.5 Å². The van der Waals surface area contributed by atoms with Crippen molar-refractivity contribution in [2.45, 2.75) is 39.2 Å². The van der Waals surface area contributed by atoms with Gasteiger partial charge in [-0.1, -0.05) is 18.2 Å². The zero-order valence-electron chi connectivity index (χ0n) is 18.4. The molecule has 0 saturated carbocycles. The number of likely N-dealkylation sites (tertiary alicyclic amines) is 2. The smallest absolute Gasteiger partial charge is 0.309 e. The molecule has 4 rings (SSSR count). The molecule has 2 amide bonds. The van der Waals surface area contributed by atoms with Crippen LogP contribution < -0.4 is 0 Å². The Morgan fingerprint density at radius 2 is 1.66 bits per heavy atom. The largest absolute Gasteiger partial charge is 0.466 e. The van der Waals surface area contributed by atoms with E-state index >= 15 is 0 Å². The number of carbonyl (C=O) groups is 4. The summed E-state index contributed by atoms with van der Waals surface area (Å²) in [6, 6.07) is 7.34. The number of esters is 1. The molecule has 8 heteroatoms. The van der Waals surface area contributed by atoms with Crippen molar-refractivity contribution in [2.75, 3.05) is 32.8 Å². The highest BCUT2D eigenvalue weighted by atomic mass is 16.5. The molecule has 0 bridgehead atoms. The molecular formula is C24H29N3O5. The number of hydrogen-bond donors (Lipinski definition) is 0. The van der Waals surface area contributed by atoms with Crippen molar-refractivity contribution in [1.82, 2.24) is 14.4 Å². The Hall–Kier alpha value is -3.16. The van der Waals surface area contributed by atoms with E-state index in [1.54, 1.807) is 23.8 Å². The summed E-state index contributed by atoms with van der Waals surface area (Å²) >= 11 is 0. The number of benzene rings is 1. The zero-order valence-corrected chi connectivity index (χ0v) is 18.4. The molecule has 170 valence electrons. The average Bonchev–Trinajstić information content (AvgIpc) is 3.47. The number of Topliss-reactive ketones (excluding diaryl/α,β-unsaturated/α-hetero) is 1. The van der Waals surface area contributed by atoms with Crippen LogP contribution in [-0.2, 0) is 25.7 Å². The van der Waals surface area contributed by atoms with Crippen LogP contribution in [0.5, 0.6) is 0 Å². The lowest BCUT2D eigenvalue weighted by Crippen LogP contribution is -2.43. The van der Waals surface area contributed by atoms with Gasteiger partial charge in [-0.05, 0) is 38.7 Å². The van der Waals surface area contributed by atoms with Crippen LogP contribution >= 0.6 is 0 Å². The molecule has 0 N–H and O–H groups in total. The lowest BCUT2D eigenvalue weighted by Gasteiger charge is -2.30. The Morgan fingerprint density at radius 1 is 0.969 bits per heavy atom. The molecule has 2 fully saturated rings. The predicted octanol–water partition coefficient (Wildman–Crippen LogP) is 2.25. The number of piperidine rings is 1. The van der Waals surface area contributed by atoms with E-state index in [0.29, 0.717) is 43.5 Å². The molecule has 3 heterocycles. The summed E-state index contributed by atoms with van der Waals surface area (Å²) in [6.07, 6.45) is 4.64. The summed E-state index contributed by atoms with van der Waals surface area (Å²) in [5, 5.41) is 0.668. The van der Waals surface area contributed by atoms with Crippen LogP contribution in [0.1, 0.15) is 43.0 Å². The van der Waals surface area contributed by atoms with Crippen LogP contribution in [0, 0.1) is 5.92 Å². The summed E-state index contributed by atoms with van der Waals surface area (Å²) < 4.78 is 6.84. The minimum absolute atomic E-state index is 0.0228. The first-order chi connectivity index (χ1) is 15.5. The van der Waals surface area contributed by atoms with Crippen molar-refractivity contribution in [1.29, 1.82) is 0 Å². The fourth-order valence-corrected chi connectivity index (χ4v) is 4.61. The van der Waals surface area contributed by atoms with E-state index in [4.69, 9.17) is 4.74 Å². The van der Waals surface area contributed by atoms with Gasteiger partial charge in [-0.2, -0.15) is 0 Å². The van der Waals surface area contributed by atoms with Crippen molar-refractivity contribution in [2.24, 2.45) is 5.92 Å². The van der Waals surface area contributed by atoms with Gasteiger partial charge in [0.05, 0.1) is 18.1 Å². The number of carbonyl (C=O) groups excluding carboxylic acids is 4. The van der Waals surface area contributed by atoms with Gasteiger partial charge in [0.15, 0.2) is 0 Å². The molecule has 32 heavy (non-hydrogen) atoms. The maximum absolute atomic E-state index is 13.1. The molecule has 0 radical (unpaired) electrons. The Kier molecular flexibility index (Phi) is 6.58. The van der Waals surface area contributed by atoms with Crippen molar-refractivity contribution < 1.29 is 23.9 Å². The lowest BCUT2D eigenvalue weighted by atomic mass is 9.96. The molecule has 0 atom stereocenters. The van der Waals surface area contributed by atoms with E-state index < -0.39 is 11.7 Å². The minimum atomic E-state index is -0.580. The third-order valence-electron chi connectivity index (χ3n) is 6.39. The highest BCUT2D eigenvalue weighted by Crippen LogP contribution is 2.25. The number of hydrogen-bond acceptors (Lipinski definition) is 5. The predicted molar refractivity (Wildman–Crippen MR) is 118 cm³/mol. The maximum atomic E-state index is 13.1. The van der Waals surface area contributed by atoms with Crippen LogP contribution in [0.25, 0.3) is 10.9 Å². The second-order valence-electron chi connectivity index (χ2n) is 8.42. The molecular weight excluding hydrogens is 410 g/mol. The standard InChI is InChI=1S/C24H29N3O5/c1-2-32-24(31)17-9-13-26(14-10-17)23(30)22(29)19-15-27(20-8-4-3-7-18(19)20)16-21(28)25-11-5-6-12-25/h3-4,7-8,15,17H,2,5-6,9-14,16H2,1H3. The van der Waals surface area contributed by atoms with E-state index in [2.05, 4.69) is 0 Å². The SMILES string of the molecule is CCOC(=O)C1CCN(C(=O)C(=O)c2cn(CC(=O)N3CCCC3)c3ccccc23)CC1. The molecule has 2 aliphatic heterocycles. The lowest BCUT2D eigenvalue weighted by molar-refractivity contribution is -0.150. The highest BCUT2D eigenvalue weighted by molar-refractivity contribution is 6.44. The quantitative estimate of drug-likeness (QED) is 0.391. The first kappa shape index (κ1) is 22.0. The summed E-state index contributed by atoms with van der Waals surface area (Å²) in [5.41, 5.74) is 1.07. The van der Waals surface area contributed by atoms with E-state index in [0.717, 1.165) is 31.4 Å². The number of nitrogens with zero attached hydrogens (tertiary/aromatic N) is 3. The second-order valence-corrected chi connectivity index (χ2v) is 8.42. The van der Waals surface area contributed by atoms with Gasteiger partial charge in [-0.15, -0.1) is 0 Å². The monoisotopic (exact) mass is 439 g/mol. The van der Waals surface area contributed by atoms with Gasteiger partial charge in [0.2, 0.25) is 5.91 Å². The van der Waals surface area contributed by atoms with Crippen molar-refractivity contribution in [3.8, 4) is 0 Å². The zero-order chi connectivity index (χ0) is 22.7. The van der Waals surface area contributed by atoms with Crippen LogP contribution in [-0.4, -0.2) is 70.7 Å². The van der Waals surface area contributed by atoms with E-state index in [9.17, 15) is 19.2 Å². The van der Waals surface area contributed by atoms with E-state index in [-0.39, 0.29) is 24.3 Å². The third-order valence-corrected chi connectivity index (χ3v) is 6.39. The van der Waals surface area contributed by atoms with Gasteiger partial charge in [0.25, 0.3) is 11.7 Å². The Bertz CT molecular complexity index is 1030. The summed E-state index contributed by atoms with van der Waals surface area (Å²) in [6.45, 7) is 4.48. The molecule has 2 aliphatic rings. The molecule has 0 unspecified atom stereocenters. The molecule has 1 aromatic heterocycles. The molecule has 8 nitrogen and oxygen atoms in total. The van der Waals surface area contributed by atoms with Crippen LogP contribution in [0.4, 0.5) is 0 Å². The van der Waals surface area contributed by atoms with Crippen molar-refractivity contribution in [3.05, 3.63) is 36.0 Å². The van der Waals surface area contributed by atoms with Crippen LogP contribution in [0.15, 0.2) is 30.5 Å². The van der Waals surface area contributed by atoms with E-state index in [1.807, 2.05) is 23.1 Å². The van der Waals surface area contributed by atoms with Gasteiger partial charge in [-0.25, -0.2) is 0 Å². The molecule has 0 spiro atoms. The number of fused-ring (bicyclic) bond motifs is 1. The highest BCUT2D eigenvalue weighted by Gasteiger charge is 2.32. The van der Waals surface area contributed by atoms with Gasteiger partial charge in [0, 0.05) is 43.3 Å². The normalized spacial score (nSPS) is 17.0. The molecule has 1 aromatic carbocycles. The Balaban J connectivity index is 1.49. The fraction of sp³-hybridized carbons (Fsp3) is 0.500. The van der Waals surface area contributed by atoms with Gasteiger partial charge >= 0.3 is 5.97 Å². The topological polar surface area (TPSA) is 88.9 Å². The third kappa shape index (κ3) is 4.40. The van der Waals surface area contributed by atoms with Crippen LogP contribution in [0.2, 0.25) is 0 Å². The first-order valence-electron chi connectivity index (χ1n) is 11.4. The summed E-state index contributed by atoms with van der Waals surface area (Å²) in [4.78, 5) is 54.1. The van der Waals surface area contributed by atoms with Gasteiger partial charge < -0.3 is 19.1 Å². The fourth-order valence-electron chi connectivity index (χ4n) is 4.61. The van der Waals surface area contributed by atoms with Crippen LogP contribution in [0.3, 0.4) is 0 Å².